The van der Waals surface area contributed by atoms with Crippen molar-refractivity contribution in [2.24, 2.45) is 0 Å². The lowest BCUT2D eigenvalue weighted by Gasteiger charge is -2.36. The van der Waals surface area contributed by atoms with E-state index in [0.717, 1.165) is 31.5 Å². The van der Waals surface area contributed by atoms with E-state index < -0.39 is 0 Å². The molecule has 0 aliphatic carbocycles. The monoisotopic (exact) mass is 270 g/mol. The minimum atomic E-state index is -0.383. The molecular weight excluding hydrogens is 248 g/mol. The molecule has 1 saturated heterocycles. The predicted octanol–water partition coefficient (Wildman–Crippen LogP) is 1.84. The molecule has 1 aromatic rings. The highest BCUT2D eigenvalue weighted by Crippen LogP contribution is 2.33. The number of hydrogen-bond acceptors (Lipinski definition) is 2. The normalized spacial score (nSPS) is 16.9. The van der Waals surface area contributed by atoms with Crippen LogP contribution in [-0.4, -0.2) is 25.5 Å². The van der Waals surface area contributed by atoms with Crippen molar-refractivity contribution < 1.29 is 4.79 Å². The summed E-state index contributed by atoms with van der Waals surface area (Å²) in [5, 5.41) is 6.40. The van der Waals surface area contributed by atoms with Crippen LogP contribution in [0.4, 0.5) is 0 Å². The third-order valence-electron chi connectivity index (χ3n) is 3.93. The second kappa shape index (κ2) is 7.12. The maximum absolute atomic E-state index is 12.7. The molecule has 1 amide bonds. The van der Waals surface area contributed by atoms with Gasteiger partial charge in [0.2, 0.25) is 5.91 Å². The van der Waals surface area contributed by atoms with Crippen LogP contribution in [0.15, 0.2) is 30.3 Å². The van der Waals surface area contributed by atoms with Crippen molar-refractivity contribution in [1.82, 2.24) is 10.6 Å². The van der Waals surface area contributed by atoms with E-state index in [-0.39, 0.29) is 11.3 Å². The van der Waals surface area contributed by atoms with Gasteiger partial charge < -0.3 is 10.6 Å². The summed E-state index contributed by atoms with van der Waals surface area (Å²) in [7, 11) is 0. The number of piperidine rings is 1. The van der Waals surface area contributed by atoms with E-state index in [9.17, 15) is 4.79 Å². The van der Waals surface area contributed by atoms with E-state index >= 15 is 0 Å². The third-order valence-corrected chi connectivity index (χ3v) is 3.93. The van der Waals surface area contributed by atoms with Crippen LogP contribution in [-0.2, 0) is 10.2 Å². The molecule has 20 heavy (non-hydrogen) atoms. The van der Waals surface area contributed by atoms with Crippen LogP contribution in [0.1, 0.15) is 31.7 Å². The van der Waals surface area contributed by atoms with Gasteiger partial charge in [-0.15, -0.1) is 11.8 Å². The fraction of sp³-hybridized carbons (Fsp3) is 0.471. The lowest BCUT2D eigenvalue weighted by Crippen LogP contribution is -2.50. The van der Waals surface area contributed by atoms with Crippen molar-refractivity contribution in [3.63, 3.8) is 0 Å². The van der Waals surface area contributed by atoms with Gasteiger partial charge in [0.15, 0.2) is 0 Å². The van der Waals surface area contributed by atoms with Crippen LogP contribution in [0.3, 0.4) is 0 Å². The first-order valence-electron chi connectivity index (χ1n) is 7.24. The summed E-state index contributed by atoms with van der Waals surface area (Å²) in [4.78, 5) is 12.7. The Morgan fingerprint density at radius 2 is 2.00 bits per heavy atom. The van der Waals surface area contributed by atoms with E-state index in [1.54, 1.807) is 0 Å². The number of rotatable bonds is 4. The van der Waals surface area contributed by atoms with Crippen LogP contribution in [0, 0.1) is 11.8 Å². The van der Waals surface area contributed by atoms with Crippen molar-refractivity contribution in [3.05, 3.63) is 35.9 Å². The van der Waals surface area contributed by atoms with Gasteiger partial charge in [0.05, 0.1) is 5.41 Å². The first kappa shape index (κ1) is 14.6. The van der Waals surface area contributed by atoms with Gasteiger partial charge in [-0.2, -0.15) is 0 Å². The molecule has 106 valence electrons. The minimum absolute atomic E-state index is 0.142. The van der Waals surface area contributed by atoms with Gasteiger partial charge in [0.1, 0.15) is 0 Å². The van der Waals surface area contributed by atoms with Gasteiger partial charge in [-0.05, 0) is 38.4 Å². The van der Waals surface area contributed by atoms with Crippen LogP contribution in [0.5, 0.6) is 0 Å². The molecule has 1 aliphatic heterocycles. The summed E-state index contributed by atoms with van der Waals surface area (Å²) in [5.41, 5.74) is 0.743. The first-order chi connectivity index (χ1) is 9.79. The molecule has 0 atom stereocenters. The summed E-state index contributed by atoms with van der Waals surface area (Å²) < 4.78 is 0. The Bertz CT molecular complexity index is 493. The number of nitrogens with one attached hydrogen (secondary N) is 2. The Kier molecular flexibility index (Phi) is 5.20. The molecule has 3 nitrogen and oxygen atoms in total. The Morgan fingerprint density at radius 1 is 1.30 bits per heavy atom. The molecule has 0 aromatic heterocycles. The molecular formula is C17H22N2O. The number of carbonyl (C=O) groups is 1. The summed E-state index contributed by atoms with van der Waals surface area (Å²) in [5.74, 6) is 5.97. The van der Waals surface area contributed by atoms with E-state index in [1.807, 2.05) is 25.1 Å². The molecule has 0 saturated carbocycles. The van der Waals surface area contributed by atoms with Crippen LogP contribution in [0.2, 0.25) is 0 Å². The summed E-state index contributed by atoms with van der Waals surface area (Å²) in [6.45, 7) is 4.22. The van der Waals surface area contributed by atoms with Gasteiger partial charge in [-0.1, -0.05) is 30.3 Å². The molecule has 1 fully saturated rings. The number of amides is 1. The van der Waals surface area contributed by atoms with Gasteiger partial charge in [0, 0.05) is 13.0 Å². The molecule has 0 radical (unpaired) electrons. The molecule has 3 heteroatoms. The van der Waals surface area contributed by atoms with E-state index in [1.165, 1.54) is 0 Å². The van der Waals surface area contributed by atoms with Crippen molar-refractivity contribution in [2.45, 2.75) is 31.6 Å². The van der Waals surface area contributed by atoms with Crippen LogP contribution >= 0.6 is 0 Å². The van der Waals surface area contributed by atoms with Crippen molar-refractivity contribution in [2.75, 3.05) is 19.6 Å². The van der Waals surface area contributed by atoms with Crippen LogP contribution in [0.25, 0.3) is 0 Å². The van der Waals surface area contributed by atoms with E-state index in [0.29, 0.717) is 13.0 Å². The summed E-state index contributed by atoms with van der Waals surface area (Å²) in [6, 6.07) is 10.1. The molecule has 1 heterocycles. The Hall–Kier alpha value is -1.79. The van der Waals surface area contributed by atoms with Crippen molar-refractivity contribution in [1.29, 1.82) is 0 Å². The fourth-order valence-corrected chi connectivity index (χ4v) is 2.79. The third kappa shape index (κ3) is 3.20. The Balaban J connectivity index is 2.14. The van der Waals surface area contributed by atoms with Crippen molar-refractivity contribution >= 4 is 5.91 Å². The molecule has 0 spiro atoms. The lowest BCUT2D eigenvalue weighted by atomic mass is 9.72. The zero-order valence-corrected chi connectivity index (χ0v) is 12.0. The zero-order chi connectivity index (χ0) is 14.3. The van der Waals surface area contributed by atoms with Crippen LogP contribution < -0.4 is 10.6 Å². The average molecular weight is 270 g/mol. The lowest BCUT2D eigenvalue weighted by molar-refractivity contribution is -0.127. The standard InChI is InChI=1S/C17H22N2O/c1-2-3-7-12-19-16(20)17(10-13-18-14-11-17)15-8-5-4-6-9-15/h4-6,8-9,18H,7,10-14H2,1H3,(H,19,20). The highest BCUT2D eigenvalue weighted by atomic mass is 16.2. The summed E-state index contributed by atoms with van der Waals surface area (Å²) >= 11 is 0. The van der Waals surface area contributed by atoms with Gasteiger partial charge in [0.25, 0.3) is 0 Å². The largest absolute Gasteiger partial charge is 0.354 e. The molecule has 0 unspecified atom stereocenters. The predicted molar refractivity (Wildman–Crippen MR) is 81.3 cm³/mol. The number of benzene rings is 1. The van der Waals surface area contributed by atoms with Gasteiger partial charge in [-0.3, -0.25) is 4.79 Å². The summed E-state index contributed by atoms with van der Waals surface area (Å²) in [6.07, 6.45) is 2.41. The van der Waals surface area contributed by atoms with Crippen molar-refractivity contribution in [3.8, 4) is 11.8 Å². The Labute approximate surface area is 121 Å². The topological polar surface area (TPSA) is 41.1 Å². The average Bonchev–Trinajstić information content (AvgIpc) is 2.53. The zero-order valence-electron chi connectivity index (χ0n) is 12.0. The first-order valence-corrected chi connectivity index (χ1v) is 7.24. The molecule has 0 bridgehead atoms. The SMILES string of the molecule is CC#CCCNC(=O)C1(c2ccccc2)CCNCC1. The number of hydrogen-bond donors (Lipinski definition) is 2. The molecule has 2 N–H and O–H groups in total. The molecule has 2 rings (SSSR count). The molecule has 1 aliphatic rings. The maximum atomic E-state index is 12.7. The second-order valence-electron chi connectivity index (χ2n) is 5.13. The molecule has 1 aromatic carbocycles. The minimum Gasteiger partial charge on any atom is -0.354 e. The smallest absolute Gasteiger partial charge is 0.230 e. The maximum Gasteiger partial charge on any atom is 0.230 e. The van der Waals surface area contributed by atoms with E-state index in [2.05, 4.69) is 34.6 Å². The second-order valence-corrected chi connectivity index (χ2v) is 5.13. The van der Waals surface area contributed by atoms with Gasteiger partial charge in [-0.25, -0.2) is 0 Å². The van der Waals surface area contributed by atoms with Gasteiger partial charge >= 0.3 is 0 Å². The highest BCUT2D eigenvalue weighted by Gasteiger charge is 2.40. The fourth-order valence-electron chi connectivity index (χ4n) is 2.79. The van der Waals surface area contributed by atoms with E-state index in [4.69, 9.17) is 0 Å². The highest BCUT2D eigenvalue weighted by molar-refractivity contribution is 5.88. The Morgan fingerprint density at radius 3 is 2.65 bits per heavy atom. The number of carbonyl (C=O) groups excluding carboxylic acids is 1. The quantitative estimate of drug-likeness (QED) is 0.647.